The fourth-order valence-corrected chi connectivity index (χ4v) is 3.21. The summed E-state index contributed by atoms with van der Waals surface area (Å²) < 4.78 is 10.1. The average molecular weight is 369 g/mol. The highest BCUT2D eigenvalue weighted by molar-refractivity contribution is 5.91. The Bertz CT molecular complexity index is 807. The standard InChI is InChI=1S/C20H23N3O4/c1-26-10-11-27-13-18(24)22-16-8-6-14(7-9-16)19-17-5-3-2-4-15(17)12-23(19)20(21)25/h2-9,19H,10-13H2,1H3,(H2,21,25)(H,22,24). The zero-order valence-electron chi connectivity index (χ0n) is 15.2. The van der Waals surface area contributed by atoms with E-state index in [1.54, 1.807) is 12.0 Å². The molecule has 0 aliphatic carbocycles. The van der Waals surface area contributed by atoms with Crippen LogP contribution >= 0.6 is 0 Å². The fourth-order valence-electron chi connectivity index (χ4n) is 3.21. The first-order valence-corrected chi connectivity index (χ1v) is 8.70. The van der Waals surface area contributed by atoms with Gasteiger partial charge in [0.25, 0.3) is 0 Å². The highest BCUT2D eigenvalue weighted by atomic mass is 16.5. The lowest BCUT2D eigenvalue weighted by Crippen LogP contribution is -2.34. The van der Waals surface area contributed by atoms with Gasteiger partial charge in [-0.15, -0.1) is 0 Å². The number of fused-ring (bicyclic) bond motifs is 1. The number of carbonyl (C=O) groups is 2. The third kappa shape index (κ3) is 4.45. The van der Waals surface area contributed by atoms with Crippen LogP contribution in [0.3, 0.4) is 0 Å². The van der Waals surface area contributed by atoms with Gasteiger partial charge in [-0.25, -0.2) is 4.79 Å². The first kappa shape index (κ1) is 18.9. The molecule has 3 rings (SSSR count). The second-order valence-corrected chi connectivity index (χ2v) is 6.28. The van der Waals surface area contributed by atoms with Gasteiger partial charge in [0.2, 0.25) is 5.91 Å². The molecular formula is C20H23N3O4. The van der Waals surface area contributed by atoms with Gasteiger partial charge in [0.15, 0.2) is 0 Å². The summed E-state index contributed by atoms with van der Waals surface area (Å²) in [5.41, 5.74) is 9.34. The van der Waals surface area contributed by atoms with Crippen molar-refractivity contribution in [1.29, 1.82) is 0 Å². The predicted molar refractivity (Wildman–Crippen MR) is 101 cm³/mol. The molecule has 1 unspecified atom stereocenters. The molecule has 2 aromatic carbocycles. The summed E-state index contributed by atoms with van der Waals surface area (Å²) in [6, 6.07) is 14.6. The van der Waals surface area contributed by atoms with Crippen molar-refractivity contribution in [3.63, 3.8) is 0 Å². The summed E-state index contributed by atoms with van der Waals surface area (Å²) in [7, 11) is 1.58. The van der Waals surface area contributed by atoms with Crippen LogP contribution in [0, 0.1) is 0 Å². The van der Waals surface area contributed by atoms with Crippen LogP contribution in [0.15, 0.2) is 48.5 Å². The average Bonchev–Trinajstić information content (AvgIpc) is 3.06. The number of hydrogen-bond donors (Lipinski definition) is 2. The fraction of sp³-hybridized carbons (Fsp3) is 0.300. The molecule has 2 aromatic rings. The Morgan fingerprint density at radius 1 is 1.15 bits per heavy atom. The summed E-state index contributed by atoms with van der Waals surface area (Å²) in [5.74, 6) is -0.233. The van der Waals surface area contributed by atoms with Crippen molar-refractivity contribution in [2.45, 2.75) is 12.6 Å². The number of hydrogen-bond acceptors (Lipinski definition) is 4. The smallest absolute Gasteiger partial charge is 0.315 e. The zero-order valence-corrected chi connectivity index (χ0v) is 15.2. The van der Waals surface area contributed by atoms with E-state index in [9.17, 15) is 9.59 Å². The van der Waals surface area contributed by atoms with E-state index in [0.29, 0.717) is 25.4 Å². The highest BCUT2D eigenvalue weighted by Crippen LogP contribution is 2.38. The van der Waals surface area contributed by atoms with Crippen LogP contribution in [0.2, 0.25) is 0 Å². The molecule has 0 radical (unpaired) electrons. The summed E-state index contributed by atoms with van der Waals surface area (Å²) in [6.07, 6.45) is 0. The molecular weight excluding hydrogens is 346 g/mol. The number of ether oxygens (including phenoxy) is 2. The van der Waals surface area contributed by atoms with Crippen LogP contribution < -0.4 is 11.1 Å². The zero-order chi connectivity index (χ0) is 19.2. The molecule has 0 fully saturated rings. The molecule has 0 saturated carbocycles. The van der Waals surface area contributed by atoms with E-state index >= 15 is 0 Å². The van der Waals surface area contributed by atoms with Crippen LogP contribution in [0.1, 0.15) is 22.7 Å². The van der Waals surface area contributed by atoms with Crippen molar-refractivity contribution in [3.8, 4) is 0 Å². The molecule has 0 aromatic heterocycles. The third-order valence-electron chi connectivity index (χ3n) is 4.46. The highest BCUT2D eigenvalue weighted by Gasteiger charge is 2.33. The van der Waals surface area contributed by atoms with Crippen molar-refractivity contribution in [1.82, 2.24) is 4.90 Å². The number of nitrogens with one attached hydrogen (secondary N) is 1. The Balaban J connectivity index is 1.69. The first-order chi connectivity index (χ1) is 13.1. The van der Waals surface area contributed by atoms with Crippen molar-refractivity contribution < 1.29 is 19.1 Å². The number of carbonyl (C=O) groups excluding carboxylic acids is 2. The van der Waals surface area contributed by atoms with Gasteiger partial charge in [-0.3, -0.25) is 4.79 Å². The maximum atomic E-state index is 11.9. The molecule has 1 aliphatic rings. The number of primary amides is 1. The second-order valence-electron chi connectivity index (χ2n) is 6.28. The van der Waals surface area contributed by atoms with Crippen LogP contribution in [-0.4, -0.2) is 43.8 Å². The van der Waals surface area contributed by atoms with Gasteiger partial charge in [0.1, 0.15) is 6.61 Å². The molecule has 0 saturated heterocycles. The van der Waals surface area contributed by atoms with Gasteiger partial charge in [-0.2, -0.15) is 0 Å². The monoisotopic (exact) mass is 369 g/mol. The normalized spacial score (nSPS) is 15.4. The number of rotatable bonds is 7. The van der Waals surface area contributed by atoms with Crippen LogP contribution in [0.5, 0.6) is 0 Å². The van der Waals surface area contributed by atoms with E-state index in [0.717, 1.165) is 16.7 Å². The van der Waals surface area contributed by atoms with Crippen LogP contribution in [0.4, 0.5) is 10.5 Å². The molecule has 3 N–H and O–H groups in total. The number of benzene rings is 2. The van der Waals surface area contributed by atoms with Crippen molar-refractivity contribution in [2.75, 3.05) is 32.2 Å². The number of amides is 3. The minimum absolute atomic E-state index is 0.0312. The van der Waals surface area contributed by atoms with E-state index in [4.69, 9.17) is 15.2 Å². The third-order valence-corrected chi connectivity index (χ3v) is 4.46. The Hall–Kier alpha value is -2.90. The number of urea groups is 1. The lowest BCUT2D eigenvalue weighted by atomic mass is 9.98. The topological polar surface area (TPSA) is 93.9 Å². The van der Waals surface area contributed by atoms with Gasteiger partial charge < -0.3 is 25.4 Å². The quantitative estimate of drug-likeness (QED) is 0.732. The van der Waals surface area contributed by atoms with Crippen molar-refractivity contribution in [2.24, 2.45) is 5.73 Å². The number of nitrogens with zero attached hydrogens (tertiary/aromatic N) is 1. The molecule has 7 heteroatoms. The van der Waals surface area contributed by atoms with E-state index < -0.39 is 6.03 Å². The van der Waals surface area contributed by atoms with Crippen LogP contribution in [0.25, 0.3) is 0 Å². The molecule has 1 atom stereocenters. The molecule has 3 amide bonds. The van der Waals surface area contributed by atoms with E-state index in [-0.39, 0.29) is 18.6 Å². The molecule has 0 spiro atoms. The lowest BCUT2D eigenvalue weighted by molar-refractivity contribution is -0.121. The SMILES string of the molecule is COCCOCC(=O)Nc1ccc(C2c3ccccc3CN2C(N)=O)cc1. The van der Waals surface area contributed by atoms with Crippen molar-refractivity contribution >= 4 is 17.6 Å². The Morgan fingerprint density at radius 3 is 2.59 bits per heavy atom. The summed E-state index contributed by atoms with van der Waals surface area (Å²) in [5, 5.41) is 2.78. The van der Waals surface area contributed by atoms with Gasteiger partial charge in [0, 0.05) is 19.3 Å². The van der Waals surface area contributed by atoms with E-state index in [1.807, 2.05) is 48.5 Å². The summed E-state index contributed by atoms with van der Waals surface area (Å²) >= 11 is 0. The van der Waals surface area contributed by atoms with E-state index in [2.05, 4.69) is 5.32 Å². The molecule has 27 heavy (non-hydrogen) atoms. The maximum Gasteiger partial charge on any atom is 0.315 e. The number of methoxy groups -OCH3 is 1. The Kier molecular flexibility index (Phi) is 6.05. The molecule has 0 bridgehead atoms. The summed E-state index contributed by atoms with van der Waals surface area (Å²) in [6.45, 7) is 1.28. The van der Waals surface area contributed by atoms with Crippen molar-refractivity contribution in [3.05, 3.63) is 65.2 Å². The Labute approximate surface area is 158 Å². The molecule has 1 aliphatic heterocycles. The molecule has 142 valence electrons. The lowest BCUT2D eigenvalue weighted by Gasteiger charge is -2.24. The van der Waals surface area contributed by atoms with Gasteiger partial charge in [0.05, 0.1) is 19.3 Å². The largest absolute Gasteiger partial charge is 0.382 e. The van der Waals surface area contributed by atoms with Gasteiger partial charge >= 0.3 is 6.03 Å². The van der Waals surface area contributed by atoms with Gasteiger partial charge in [-0.05, 0) is 28.8 Å². The van der Waals surface area contributed by atoms with Crippen LogP contribution in [-0.2, 0) is 20.8 Å². The predicted octanol–water partition coefficient (Wildman–Crippen LogP) is 2.27. The summed E-state index contributed by atoms with van der Waals surface area (Å²) in [4.78, 5) is 25.4. The maximum absolute atomic E-state index is 11.9. The number of anilines is 1. The first-order valence-electron chi connectivity index (χ1n) is 8.70. The van der Waals surface area contributed by atoms with E-state index in [1.165, 1.54) is 0 Å². The molecule has 7 nitrogen and oxygen atoms in total. The Morgan fingerprint density at radius 2 is 1.89 bits per heavy atom. The molecule has 1 heterocycles. The second kappa shape index (κ2) is 8.66. The minimum Gasteiger partial charge on any atom is -0.382 e. The van der Waals surface area contributed by atoms with Gasteiger partial charge in [-0.1, -0.05) is 36.4 Å². The minimum atomic E-state index is -0.457. The number of nitrogens with two attached hydrogens (primary N) is 1.